The maximum absolute atomic E-state index is 14.2. The number of rotatable bonds is 11. The number of aliphatic hydroxyl groups is 1. The Bertz CT molecular complexity index is 1980. The summed E-state index contributed by atoms with van der Waals surface area (Å²) in [6.45, 7) is 2.49. The molecule has 248 valence electrons. The lowest BCUT2D eigenvalue weighted by Crippen LogP contribution is -2.47. The molecule has 1 fully saturated rings. The monoisotopic (exact) mass is 696 g/mol. The Hall–Kier alpha value is -4.39. The van der Waals surface area contributed by atoms with Crippen LogP contribution < -0.4 is 29.1 Å². The van der Waals surface area contributed by atoms with Gasteiger partial charge in [-0.05, 0) is 60.7 Å². The lowest BCUT2D eigenvalue weighted by molar-refractivity contribution is -0.115. The Kier molecular flexibility index (Phi) is 9.86. The molecule has 3 aromatic carbocycles. The van der Waals surface area contributed by atoms with Gasteiger partial charge in [-0.2, -0.15) is 0 Å². The van der Waals surface area contributed by atoms with Crippen LogP contribution in [-0.2, 0) is 39.5 Å². The average Bonchev–Trinajstić information content (AvgIpc) is 3.24. The second-order valence-corrected chi connectivity index (χ2v) is 15.8. The number of methoxy groups -OCH3 is 2. The van der Waals surface area contributed by atoms with Gasteiger partial charge in [0.15, 0.2) is 9.84 Å². The SMILES string of the molecule is COc1ccc(NC(C)=O)cc1S(=O)(=O)Nc1ccc(N([C@H]2CS(=O)(=O)C[C@H]2O)S(=O)(=O)c2cc(NC(C)=O)ccc2OC)cc1. The first-order chi connectivity index (χ1) is 21.5. The number of hydrogen-bond acceptors (Lipinski definition) is 11. The third kappa shape index (κ3) is 7.52. The number of sulfone groups is 1. The molecule has 4 N–H and O–H groups in total. The van der Waals surface area contributed by atoms with Crippen LogP contribution in [0.3, 0.4) is 0 Å². The van der Waals surface area contributed by atoms with E-state index in [0.29, 0.717) is 0 Å². The summed E-state index contributed by atoms with van der Waals surface area (Å²) >= 11 is 0. The molecule has 4 rings (SSSR count). The van der Waals surface area contributed by atoms with Crippen molar-refractivity contribution in [2.45, 2.75) is 35.8 Å². The van der Waals surface area contributed by atoms with E-state index in [0.717, 1.165) is 10.4 Å². The van der Waals surface area contributed by atoms with Gasteiger partial charge in [0.2, 0.25) is 11.8 Å². The number of anilines is 4. The van der Waals surface area contributed by atoms with E-state index >= 15 is 0 Å². The Morgan fingerprint density at radius 1 is 0.783 bits per heavy atom. The number of nitrogens with zero attached hydrogens (tertiary/aromatic N) is 1. The lowest BCUT2D eigenvalue weighted by Gasteiger charge is -2.32. The Morgan fingerprint density at radius 3 is 1.72 bits per heavy atom. The zero-order valence-electron chi connectivity index (χ0n) is 25.0. The molecule has 2 amide bonds. The molecule has 0 spiro atoms. The van der Waals surface area contributed by atoms with Crippen LogP contribution in [0.2, 0.25) is 0 Å². The van der Waals surface area contributed by atoms with Crippen LogP contribution in [0, 0.1) is 0 Å². The highest BCUT2D eigenvalue weighted by atomic mass is 32.2. The maximum Gasteiger partial charge on any atom is 0.268 e. The van der Waals surface area contributed by atoms with Crippen molar-refractivity contribution in [1.29, 1.82) is 0 Å². The molecule has 18 heteroatoms. The lowest BCUT2D eigenvalue weighted by atomic mass is 10.2. The number of amides is 2. The molecule has 15 nitrogen and oxygen atoms in total. The number of ether oxygens (including phenoxy) is 2. The second-order valence-electron chi connectivity index (χ2n) is 10.3. The van der Waals surface area contributed by atoms with Gasteiger partial charge in [-0.15, -0.1) is 0 Å². The van der Waals surface area contributed by atoms with E-state index in [4.69, 9.17) is 9.47 Å². The molecule has 46 heavy (non-hydrogen) atoms. The van der Waals surface area contributed by atoms with Gasteiger partial charge in [0.1, 0.15) is 21.3 Å². The molecule has 0 radical (unpaired) electrons. The molecule has 0 aromatic heterocycles. The predicted octanol–water partition coefficient (Wildman–Crippen LogP) is 1.77. The highest BCUT2D eigenvalue weighted by molar-refractivity contribution is 7.94. The Balaban J connectivity index is 1.77. The fourth-order valence-electron chi connectivity index (χ4n) is 4.86. The summed E-state index contributed by atoms with van der Waals surface area (Å²) in [6.07, 6.45) is -1.59. The Morgan fingerprint density at radius 2 is 1.26 bits per heavy atom. The number of nitrogens with one attached hydrogen (secondary N) is 3. The molecule has 0 saturated carbocycles. The topological polar surface area (TPSA) is 215 Å². The van der Waals surface area contributed by atoms with Crippen LogP contribution in [0.25, 0.3) is 0 Å². The Labute approximate surface area is 266 Å². The predicted molar refractivity (Wildman–Crippen MR) is 170 cm³/mol. The molecule has 0 aliphatic carbocycles. The molecule has 1 aliphatic rings. The number of hydrogen-bond donors (Lipinski definition) is 4. The molecule has 0 bridgehead atoms. The first-order valence-corrected chi connectivity index (χ1v) is 18.2. The van der Waals surface area contributed by atoms with Crippen molar-refractivity contribution < 1.29 is 49.4 Å². The third-order valence-corrected chi connectivity index (χ3v) is 11.7. The standard InChI is InChI=1S/C28H32N4O11S3/c1-17(33)29-20-7-11-25(42-3)27(13-20)45(38,39)31-19-5-9-22(10-6-19)32(23-15-44(36,37)16-24(23)35)46(40,41)28-14-21(30-18(2)34)8-12-26(28)43-4/h5-14,23-24,31,35H,15-16H2,1-4H3,(H,29,33)(H,30,34)/t23-,24+/m0/s1. The van der Waals surface area contributed by atoms with Gasteiger partial charge in [0.25, 0.3) is 20.0 Å². The zero-order chi connectivity index (χ0) is 34.0. The molecular formula is C28H32N4O11S3. The van der Waals surface area contributed by atoms with Gasteiger partial charge >= 0.3 is 0 Å². The van der Waals surface area contributed by atoms with E-state index in [-0.39, 0.29) is 39.1 Å². The van der Waals surface area contributed by atoms with E-state index in [9.17, 15) is 39.9 Å². The fourth-order valence-corrected chi connectivity index (χ4v) is 9.85. The van der Waals surface area contributed by atoms with E-state index in [1.54, 1.807) is 0 Å². The van der Waals surface area contributed by atoms with Crippen molar-refractivity contribution in [3.8, 4) is 11.5 Å². The van der Waals surface area contributed by atoms with Gasteiger partial charge in [-0.1, -0.05) is 0 Å². The number of benzene rings is 3. The normalized spacial score (nSPS) is 17.5. The number of carbonyl (C=O) groups excluding carboxylic acids is 2. The number of carbonyl (C=O) groups is 2. The second kappa shape index (κ2) is 13.1. The minimum Gasteiger partial charge on any atom is -0.495 e. The van der Waals surface area contributed by atoms with E-state index in [2.05, 4.69) is 15.4 Å². The summed E-state index contributed by atoms with van der Waals surface area (Å²) in [4.78, 5) is 22.4. The van der Waals surface area contributed by atoms with Crippen LogP contribution in [0.15, 0.2) is 70.5 Å². The maximum atomic E-state index is 14.2. The van der Waals surface area contributed by atoms with Crippen molar-refractivity contribution in [3.63, 3.8) is 0 Å². The molecule has 1 aliphatic heterocycles. The van der Waals surface area contributed by atoms with Gasteiger partial charge in [-0.3, -0.25) is 18.6 Å². The first-order valence-electron chi connectivity index (χ1n) is 13.4. The van der Waals surface area contributed by atoms with Gasteiger partial charge in [0, 0.05) is 30.9 Å². The summed E-state index contributed by atoms with van der Waals surface area (Å²) in [5.41, 5.74) is 0.223. The highest BCUT2D eigenvalue weighted by Gasteiger charge is 2.45. The van der Waals surface area contributed by atoms with Crippen molar-refractivity contribution in [2.24, 2.45) is 0 Å². The van der Waals surface area contributed by atoms with E-state index < -0.39 is 70.2 Å². The first kappa shape index (κ1) is 34.5. The van der Waals surface area contributed by atoms with Crippen molar-refractivity contribution in [3.05, 3.63) is 60.7 Å². The molecule has 1 heterocycles. The highest BCUT2D eigenvalue weighted by Crippen LogP contribution is 2.37. The summed E-state index contributed by atoms with van der Waals surface area (Å²) < 4.78 is 93.6. The zero-order valence-corrected chi connectivity index (χ0v) is 27.5. The summed E-state index contributed by atoms with van der Waals surface area (Å²) in [7, 11) is -10.3. The summed E-state index contributed by atoms with van der Waals surface area (Å²) in [5.74, 6) is -2.39. The molecule has 3 aromatic rings. The van der Waals surface area contributed by atoms with Gasteiger partial charge in [-0.25, -0.2) is 25.3 Å². The summed E-state index contributed by atoms with van der Waals surface area (Å²) in [5, 5.41) is 15.7. The molecule has 2 atom stereocenters. The van der Waals surface area contributed by atoms with E-state index in [1.165, 1.54) is 82.7 Å². The van der Waals surface area contributed by atoms with Gasteiger partial charge < -0.3 is 25.2 Å². The minimum atomic E-state index is -4.69. The van der Waals surface area contributed by atoms with Gasteiger partial charge in [0.05, 0.1) is 43.6 Å². The molecular weight excluding hydrogens is 665 g/mol. The van der Waals surface area contributed by atoms with Crippen LogP contribution >= 0.6 is 0 Å². The average molecular weight is 697 g/mol. The van der Waals surface area contributed by atoms with Crippen molar-refractivity contribution in [1.82, 2.24) is 0 Å². The molecule has 1 saturated heterocycles. The number of sulfonamides is 2. The van der Waals surface area contributed by atoms with Crippen LogP contribution in [0.1, 0.15) is 13.8 Å². The van der Waals surface area contributed by atoms with Crippen LogP contribution in [-0.4, -0.2) is 80.0 Å². The fraction of sp³-hybridized carbons (Fsp3) is 0.286. The summed E-state index contributed by atoms with van der Waals surface area (Å²) in [6, 6.07) is 11.4. The minimum absolute atomic E-state index is 0.00194. The molecule has 0 unspecified atom stereocenters. The number of aliphatic hydroxyl groups excluding tert-OH is 1. The van der Waals surface area contributed by atoms with Crippen molar-refractivity contribution >= 4 is 64.4 Å². The van der Waals surface area contributed by atoms with E-state index in [1.807, 2.05) is 0 Å². The third-order valence-electron chi connectivity index (χ3n) is 6.76. The van der Waals surface area contributed by atoms with Crippen molar-refractivity contribution in [2.75, 3.05) is 45.4 Å². The largest absolute Gasteiger partial charge is 0.495 e. The quantitative estimate of drug-likeness (QED) is 0.227. The van der Waals surface area contributed by atoms with Crippen LogP contribution in [0.5, 0.6) is 11.5 Å². The smallest absolute Gasteiger partial charge is 0.268 e. The van der Waals surface area contributed by atoms with Crippen LogP contribution in [0.4, 0.5) is 22.7 Å².